The van der Waals surface area contributed by atoms with Crippen LogP contribution in [0.3, 0.4) is 0 Å². The minimum atomic E-state index is 0.365. The standard InChI is InChI=1S/C8H10O2.C8H10/c9-10-7-6-8-4-2-1-3-5-8;1-2-8-6-4-3-5-7-8/h1-5,9H,6-7H2;3-7H,2H2,1H3. The molecule has 2 rings (SSSR count). The highest BCUT2D eigenvalue weighted by Crippen LogP contribution is 1.98. The summed E-state index contributed by atoms with van der Waals surface area (Å²) in [6.45, 7) is 2.53. The van der Waals surface area contributed by atoms with Gasteiger partial charge in [0, 0.05) is 0 Å². The van der Waals surface area contributed by atoms with Crippen LogP contribution >= 0.6 is 0 Å². The molecule has 2 nitrogen and oxygen atoms in total. The summed E-state index contributed by atoms with van der Waals surface area (Å²) in [5.41, 5.74) is 2.59. The number of aryl methyl sites for hydroxylation is 1. The van der Waals surface area contributed by atoms with E-state index in [4.69, 9.17) is 5.26 Å². The van der Waals surface area contributed by atoms with Crippen LogP contribution in [0.15, 0.2) is 60.7 Å². The van der Waals surface area contributed by atoms with Crippen LogP contribution in [0.1, 0.15) is 18.1 Å². The Hall–Kier alpha value is -1.64. The molecule has 2 heteroatoms. The Kier molecular flexibility index (Phi) is 7.53. The maximum Gasteiger partial charge on any atom is 0.0860 e. The third kappa shape index (κ3) is 6.18. The van der Waals surface area contributed by atoms with E-state index in [2.05, 4.69) is 36.1 Å². The summed E-state index contributed by atoms with van der Waals surface area (Å²) >= 11 is 0. The lowest BCUT2D eigenvalue weighted by Gasteiger charge is -1.96. The van der Waals surface area contributed by atoms with Crippen LogP contribution < -0.4 is 0 Å². The van der Waals surface area contributed by atoms with Crippen molar-refractivity contribution in [3.63, 3.8) is 0 Å². The Morgan fingerprint density at radius 2 is 1.33 bits per heavy atom. The Morgan fingerprint density at radius 1 is 0.833 bits per heavy atom. The van der Waals surface area contributed by atoms with Crippen molar-refractivity contribution in [2.24, 2.45) is 0 Å². The van der Waals surface area contributed by atoms with E-state index in [0.717, 1.165) is 12.8 Å². The zero-order valence-electron chi connectivity index (χ0n) is 10.8. The molecule has 0 unspecified atom stereocenters. The fourth-order valence-corrected chi connectivity index (χ4v) is 1.52. The maximum absolute atomic E-state index is 8.03. The van der Waals surface area contributed by atoms with Crippen LogP contribution in [0, 0.1) is 0 Å². The van der Waals surface area contributed by atoms with E-state index in [9.17, 15) is 0 Å². The quantitative estimate of drug-likeness (QED) is 0.651. The first-order chi connectivity index (χ1) is 8.86. The van der Waals surface area contributed by atoms with E-state index < -0.39 is 0 Å². The van der Waals surface area contributed by atoms with Crippen LogP contribution in [0.4, 0.5) is 0 Å². The third-order valence-electron chi connectivity index (χ3n) is 2.58. The molecule has 96 valence electrons. The van der Waals surface area contributed by atoms with Crippen molar-refractivity contribution in [1.29, 1.82) is 0 Å². The first-order valence-electron chi connectivity index (χ1n) is 6.21. The highest BCUT2D eigenvalue weighted by Gasteiger charge is 1.88. The smallest absolute Gasteiger partial charge is 0.0860 e. The second-order valence-electron chi connectivity index (χ2n) is 3.91. The van der Waals surface area contributed by atoms with Crippen molar-refractivity contribution in [3.05, 3.63) is 71.8 Å². The Morgan fingerprint density at radius 3 is 1.72 bits per heavy atom. The van der Waals surface area contributed by atoms with E-state index in [1.165, 1.54) is 11.1 Å². The van der Waals surface area contributed by atoms with E-state index in [0.29, 0.717) is 6.61 Å². The molecule has 0 aliphatic heterocycles. The van der Waals surface area contributed by atoms with Gasteiger partial charge in [-0.15, -0.1) is 0 Å². The molecule has 0 aliphatic rings. The van der Waals surface area contributed by atoms with Gasteiger partial charge < -0.3 is 0 Å². The third-order valence-corrected chi connectivity index (χ3v) is 2.58. The summed E-state index contributed by atoms with van der Waals surface area (Å²) in [5, 5.41) is 8.03. The minimum absolute atomic E-state index is 0.365. The number of rotatable bonds is 4. The number of hydrogen-bond donors (Lipinski definition) is 1. The van der Waals surface area contributed by atoms with E-state index in [1.54, 1.807) is 0 Å². The molecule has 0 aliphatic carbocycles. The zero-order valence-corrected chi connectivity index (χ0v) is 10.8. The SMILES string of the molecule is CCc1ccccc1.OOCCc1ccccc1. The van der Waals surface area contributed by atoms with Gasteiger partial charge in [-0.2, -0.15) is 0 Å². The van der Waals surface area contributed by atoms with Crippen molar-refractivity contribution >= 4 is 0 Å². The molecule has 0 aromatic heterocycles. The molecule has 1 N–H and O–H groups in total. The average Bonchev–Trinajstić information content (AvgIpc) is 2.48. The molecule has 0 saturated carbocycles. The number of benzene rings is 2. The van der Waals surface area contributed by atoms with Gasteiger partial charge >= 0.3 is 0 Å². The fourth-order valence-electron chi connectivity index (χ4n) is 1.52. The van der Waals surface area contributed by atoms with E-state index >= 15 is 0 Å². The summed E-state index contributed by atoms with van der Waals surface area (Å²) < 4.78 is 0. The van der Waals surface area contributed by atoms with Crippen LogP contribution in [0.25, 0.3) is 0 Å². The van der Waals surface area contributed by atoms with Crippen LogP contribution in [-0.2, 0) is 17.7 Å². The normalized spacial score (nSPS) is 9.44. The maximum atomic E-state index is 8.03. The summed E-state index contributed by atoms with van der Waals surface area (Å²) in [6, 6.07) is 20.3. The first kappa shape index (κ1) is 14.4. The predicted molar refractivity (Wildman–Crippen MR) is 74.5 cm³/mol. The lowest BCUT2D eigenvalue weighted by Crippen LogP contribution is -1.93. The molecule has 0 atom stereocenters. The van der Waals surface area contributed by atoms with Gasteiger partial charge in [0.25, 0.3) is 0 Å². The summed E-state index contributed by atoms with van der Waals surface area (Å²) in [6.07, 6.45) is 1.90. The van der Waals surface area contributed by atoms with E-state index in [1.807, 2.05) is 36.4 Å². The largest absolute Gasteiger partial charge is 0.252 e. The molecule has 0 saturated heterocycles. The summed E-state index contributed by atoms with van der Waals surface area (Å²) in [7, 11) is 0. The lowest BCUT2D eigenvalue weighted by atomic mass is 10.2. The van der Waals surface area contributed by atoms with Crippen LogP contribution in [-0.4, -0.2) is 11.9 Å². The van der Waals surface area contributed by atoms with Gasteiger partial charge in [-0.25, -0.2) is 4.89 Å². The second-order valence-corrected chi connectivity index (χ2v) is 3.91. The van der Waals surface area contributed by atoms with Gasteiger partial charge in [-0.1, -0.05) is 67.6 Å². The van der Waals surface area contributed by atoms with Gasteiger partial charge in [0.1, 0.15) is 0 Å². The molecule has 0 spiro atoms. The summed E-state index contributed by atoms with van der Waals surface area (Å²) in [5.74, 6) is 0. The highest BCUT2D eigenvalue weighted by molar-refractivity contribution is 5.14. The molecule has 0 bridgehead atoms. The van der Waals surface area contributed by atoms with Crippen LogP contribution in [0.5, 0.6) is 0 Å². The fraction of sp³-hybridized carbons (Fsp3) is 0.250. The van der Waals surface area contributed by atoms with Crippen molar-refractivity contribution < 1.29 is 10.1 Å². The Bertz CT molecular complexity index is 398. The van der Waals surface area contributed by atoms with Crippen LogP contribution in [0.2, 0.25) is 0 Å². The monoisotopic (exact) mass is 244 g/mol. The topological polar surface area (TPSA) is 29.5 Å². The molecule has 0 amide bonds. The molecular formula is C16H20O2. The molecular weight excluding hydrogens is 224 g/mol. The molecule has 0 radical (unpaired) electrons. The van der Waals surface area contributed by atoms with E-state index in [-0.39, 0.29) is 0 Å². The molecule has 0 fully saturated rings. The molecule has 18 heavy (non-hydrogen) atoms. The summed E-state index contributed by atoms with van der Waals surface area (Å²) in [4.78, 5) is 3.95. The Balaban J connectivity index is 0.000000184. The average molecular weight is 244 g/mol. The molecule has 0 heterocycles. The van der Waals surface area contributed by atoms with Crippen molar-refractivity contribution in [3.8, 4) is 0 Å². The van der Waals surface area contributed by atoms with Crippen molar-refractivity contribution in [2.45, 2.75) is 19.8 Å². The van der Waals surface area contributed by atoms with Gasteiger partial charge in [0.2, 0.25) is 0 Å². The zero-order chi connectivity index (χ0) is 13.1. The lowest BCUT2D eigenvalue weighted by molar-refractivity contribution is -0.241. The predicted octanol–water partition coefficient (Wildman–Crippen LogP) is 3.97. The van der Waals surface area contributed by atoms with Gasteiger partial charge in [-0.05, 0) is 24.0 Å². The molecule has 2 aromatic rings. The Labute approximate surface area is 109 Å². The van der Waals surface area contributed by atoms with Gasteiger partial charge in [-0.3, -0.25) is 5.26 Å². The van der Waals surface area contributed by atoms with Gasteiger partial charge in [0.05, 0.1) is 6.61 Å². The first-order valence-corrected chi connectivity index (χ1v) is 6.21. The molecule has 2 aromatic carbocycles. The highest BCUT2D eigenvalue weighted by atomic mass is 17.1. The van der Waals surface area contributed by atoms with Gasteiger partial charge in [0.15, 0.2) is 0 Å². The number of hydrogen-bond acceptors (Lipinski definition) is 2. The van der Waals surface area contributed by atoms with Crippen molar-refractivity contribution in [1.82, 2.24) is 0 Å². The van der Waals surface area contributed by atoms with Crippen molar-refractivity contribution in [2.75, 3.05) is 6.61 Å². The minimum Gasteiger partial charge on any atom is -0.252 e. The second kappa shape index (κ2) is 9.40.